The lowest BCUT2D eigenvalue weighted by Gasteiger charge is -2.04. The van der Waals surface area contributed by atoms with Gasteiger partial charge in [-0.2, -0.15) is 5.26 Å². The first-order chi connectivity index (χ1) is 6.07. The van der Waals surface area contributed by atoms with Gasteiger partial charge in [0, 0.05) is 6.20 Å². The number of alkyl halides is 2. The van der Waals surface area contributed by atoms with E-state index in [0.717, 1.165) is 6.20 Å². The van der Waals surface area contributed by atoms with Crippen LogP contribution in [0, 0.1) is 11.3 Å². The van der Waals surface area contributed by atoms with Crippen LogP contribution in [-0.2, 0) is 0 Å². The molecule has 0 aliphatic carbocycles. The molecule has 0 aliphatic rings. The Labute approximate surface area is 86.3 Å². The Morgan fingerprint density at radius 2 is 2.23 bits per heavy atom. The number of rotatable bonds is 1. The van der Waals surface area contributed by atoms with E-state index in [1.54, 1.807) is 6.07 Å². The fourth-order valence-electron chi connectivity index (χ4n) is 0.708. The molecule has 0 unspecified atom stereocenters. The molecule has 2 nitrogen and oxygen atoms in total. The normalized spacial score (nSPS) is 10.2. The van der Waals surface area contributed by atoms with E-state index < -0.39 is 12.1 Å². The van der Waals surface area contributed by atoms with Gasteiger partial charge in [0.15, 0.2) is 0 Å². The van der Waals surface area contributed by atoms with Gasteiger partial charge in [-0.15, -0.1) is 0 Å². The zero-order valence-corrected chi connectivity index (χ0v) is 8.40. The molecule has 6 heteroatoms. The van der Waals surface area contributed by atoms with Crippen LogP contribution in [0.1, 0.15) is 17.7 Å². The summed E-state index contributed by atoms with van der Waals surface area (Å²) in [7, 11) is 0. The lowest BCUT2D eigenvalue weighted by atomic mass is 10.3. The Morgan fingerprint density at radius 3 is 2.69 bits per heavy atom. The number of halogens is 4. The van der Waals surface area contributed by atoms with Gasteiger partial charge >= 0.3 is 0 Å². The second kappa shape index (κ2) is 3.99. The summed E-state index contributed by atoms with van der Waals surface area (Å²) in [6.07, 6.45) is -1.69. The Bertz CT molecular complexity index is 375. The second-order valence-corrected chi connectivity index (χ2v) is 3.27. The summed E-state index contributed by atoms with van der Waals surface area (Å²) in [5.74, 6) is 0. The number of nitriles is 1. The number of aromatic nitrogens is 1. The maximum atomic E-state index is 12.2. The molecule has 1 aromatic rings. The van der Waals surface area contributed by atoms with Crippen LogP contribution in [0.25, 0.3) is 0 Å². The van der Waals surface area contributed by atoms with E-state index in [2.05, 4.69) is 20.9 Å². The molecule has 0 saturated heterocycles. The van der Waals surface area contributed by atoms with Crippen molar-refractivity contribution in [2.45, 2.75) is 6.43 Å². The van der Waals surface area contributed by atoms with Gasteiger partial charge in [-0.3, -0.25) is 4.98 Å². The number of hydrogen-bond acceptors (Lipinski definition) is 2. The quantitative estimate of drug-likeness (QED) is 0.783. The lowest BCUT2D eigenvalue weighted by molar-refractivity contribution is 0.146. The van der Waals surface area contributed by atoms with Crippen LogP contribution in [0.3, 0.4) is 0 Å². The molecule has 0 amide bonds. The van der Waals surface area contributed by atoms with Gasteiger partial charge < -0.3 is 0 Å². The van der Waals surface area contributed by atoms with Crippen LogP contribution >= 0.6 is 27.5 Å². The van der Waals surface area contributed by atoms with Crippen molar-refractivity contribution in [1.29, 1.82) is 5.26 Å². The summed E-state index contributed by atoms with van der Waals surface area (Å²) in [4.78, 5) is 3.37. The first kappa shape index (κ1) is 10.4. The average Bonchev–Trinajstić information content (AvgIpc) is 2.09. The van der Waals surface area contributed by atoms with Crippen molar-refractivity contribution in [3.8, 4) is 6.07 Å². The van der Waals surface area contributed by atoms with Gasteiger partial charge in [0.1, 0.15) is 11.8 Å². The van der Waals surface area contributed by atoms with E-state index >= 15 is 0 Å². The summed E-state index contributed by atoms with van der Waals surface area (Å²) in [5.41, 5.74) is -0.387. The number of hydrogen-bond donors (Lipinski definition) is 0. The van der Waals surface area contributed by atoms with E-state index in [-0.39, 0.29) is 15.1 Å². The molecule has 0 bridgehead atoms. The topological polar surface area (TPSA) is 36.7 Å². The minimum Gasteiger partial charge on any atom is -0.252 e. The van der Waals surface area contributed by atoms with Crippen LogP contribution in [0.5, 0.6) is 0 Å². The molecule has 0 N–H and O–H groups in total. The summed E-state index contributed by atoms with van der Waals surface area (Å²) in [6, 6.07) is 1.76. The molecule has 0 spiro atoms. The van der Waals surface area contributed by atoms with Gasteiger partial charge in [-0.25, -0.2) is 8.78 Å². The molecule has 0 radical (unpaired) electrons. The van der Waals surface area contributed by atoms with Crippen LogP contribution < -0.4 is 0 Å². The summed E-state index contributed by atoms with van der Waals surface area (Å²) >= 11 is 8.46. The third-order valence-corrected chi connectivity index (χ3v) is 2.75. The van der Waals surface area contributed by atoms with Crippen molar-refractivity contribution in [2.24, 2.45) is 0 Å². The summed E-state index contributed by atoms with van der Waals surface area (Å²) < 4.78 is 24.5. The van der Waals surface area contributed by atoms with Crippen LogP contribution in [-0.4, -0.2) is 4.98 Å². The zero-order valence-electron chi connectivity index (χ0n) is 6.06. The van der Waals surface area contributed by atoms with Gasteiger partial charge in [0.2, 0.25) is 0 Å². The monoisotopic (exact) mass is 266 g/mol. The van der Waals surface area contributed by atoms with Crippen molar-refractivity contribution < 1.29 is 8.78 Å². The van der Waals surface area contributed by atoms with E-state index in [4.69, 9.17) is 16.9 Å². The highest BCUT2D eigenvalue weighted by Crippen LogP contribution is 2.32. The molecule has 1 aromatic heterocycles. The van der Waals surface area contributed by atoms with Crippen molar-refractivity contribution in [1.82, 2.24) is 4.98 Å². The Balaban J connectivity index is 3.33. The molecule has 1 heterocycles. The molecule has 0 aromatic carbocycles. The van der Waals surface area contributed by atoms with Gasteiger partial charge in [0.25, 0.3) is 6.43 Å². The Hall–Kier alpha value is -0.730. The maximum Gasteiger partial charge on any atom is 0.281 e. The fraction of sp³-hybridized carbons (Fsp3) is 0.143. The minimum absolute atomic E-state index is 0.134. The highest BCUT2D eigenvalue weighted by molar-refractivity contribution is 9.10. The summed E-state index contributed by atoms with van der Waals surface area (Å²) in [5, 5.41) is 8.29. The average molecular weight is 267 g/mol. The van der Waals surface area contributed by atoms with E-state index in [1.165, 1.54) is 0 Å². The zero-order chi connectivity index (χ0) is 10.0. The van der Waals surface area contributed by atoms with Gasteiger partial charge in [-0.1, -0.05) is 11.6 Å². The van der Waals surface area contributed by atoms with E-state index in [0.29, 0.717) is 0 Å². The Morgan fingerprint density at radius 1 is 1.62 bits per heavy atom. The molecule has 1 rings (SSSR count). The number of pyridine rings is 1. The van der Waals surface area contributed by atoms with Crippen LogP contribution in [0.4, 0.5) is 8.78 Å². The second-order valence-electron chi connectivity index (χ2n) is 2.10. The fourth-order valence-corrected chi connectivity index (χ4v) is 1.34. The molecule has 0 saturated carbocycles. The SMILES string of the molecule is N#Cc1cnc(C(F)F)c(Cl)c1Br. The molecule has 68 valence electrons. The maximum absolute atomic E-state index is 12.2. The van der Waals surface area contributed by atoms with Gasteiger partial charge in [-0.05, 0) is 15.9 Å². The van der Waals surface area contributed by atoms with Crippen molar-refractivity contribution in [3.05, 3.63) is 26.9 Å². The van der Waals surface area contributed by atoms with Crippen LogP contribution in [0.2, 0.25) is 5.02 Å². The molecule has 0 fully saturated rings. The third kappa shape index (κ3) is 1.95. The molecule has 0 atom stereocenters. The van der Waals surface area contributed by atoms with Crippen molar-refractivity contribution >= 4 is 27.5 Å². The smallest absolute Gasteiger partial charge is 0.252 e. The van der Waals surface area contributed by atoms with Crippen LogP contribution in [0.15, 0.2) is 10.7 Å². The first-order valence-corrected chi connectivity index (χ1v) is 4.27. The molecular formula is C7H2BrClF2N2. The Kier molecular flexibility index (Phi) is 3.17. The standard InChI is InChI=1S/C7H2BrClF2N2/c8-4-3(1-12)2-13-6(5(4)9)7(10)11/h2,7H. The predicted octanol–water partition coefficient (Wildman–Crippen LogP) is 3.31. The highest BCUT2D eigenvalue weighted by Gasteiger charge is 2.17. The summed E-state index contributed by atoms with van der Waals surface area (Å²) in [6.45, 7) is 0. The van der Waals surface area contributed by atoms with E-state index in [9.17, 15) is 8.78 Å². The highest BCUT2D eigenvalue weighted by atomic mass is 79.9. The lowest BCUT2D eigenvalue weighted by Crippen LogP contribution is -1.94. The molecular weight excluding hydrogens is 265 g/mol. The van der Waals surface area contributed by atoms with E-state index in [1.807, 2.05) is 0 Å². The molecule has 0 aliphatic heterocycles. The van der Waals surface area contributed by atoms with Crippen molar-refractivity contribution in [2.75, 3.05) is 0 Å². The third-order valence-electron chi connectivity index (χ3n) is 1.31. The molecule has 13 heavy (non-hydrogen) atoms. The first-order valence-electron chi connectivity index (χ1n) is 3.10. The van der Waals surface area contributed by atoms with Gasteiger partial charge in [0.05, 0.1) is 15.1 Å². The largest absolute Gasteiger partial charge is 0.281 e. The predicted molar refractivity (Wildman–Crippen MR) is 46.6 cm³/mol. The minimum atomic E-state index is -2.74. The van der Waals surface area contributed by atoms with Crippen molar-refractivity contribution in [3.63, 3.8) is 0 Å². The number of nitrogens with zero attached hydrogens (tertiary/aromatic N) is 2.